The average Bonchev–Trinajstić information content (AvgIpc) is 3.25. The molecule has 0 aliphatic carbocycles. The van der Waals surface area contributed by atoms with Gasteiger partial charge >= 0.3 is 5.97 Å². The van der Waals surface area contributed by atoms with Crippen molar-refractivity contribution < 1.29 is 27.9 Å². The molecule has 188 valence electrons. The molecule has 0 saturated carbocycles. The van der Waals surface area contributed by atoms with Gasteiger partial charge in [-0.2, -0.15) is 16.9 Å². The number of likely N-dealkylation sites (N-methyl/N-ethyl adjacent to an activating group) is 1. The number of hydrogen-bond acceptors (Lipinski definition) is 6. The van der Waals surface area contributed by atoms with Crippen molar-refractivity contribution in [2.24, 2.45) is 5.92 Å². The summed E-state index contributed by atoms with van der Waals surface area (Å²) in [4.78, 5) is 40.1. The lowest BCUT2D eigenvalue weighted by Gasteiger charge is -2.32. The minimum atomic E-state index is -3.97. The molecule has 1 unspecified atom stereocenters. The van der Waals surface area contributed by atoms with Gasteiger partial charge in [0, 0.05) is 31.9 Å². The summed E-state index contributed by atoms with van der Waals surface area (Å²) in [6, 6.07) is 11.4. The van der Waals surface area contributed by atoms with Gasteiger partial charge in [0.25, 0.3) is 0 Å². The van der Waals surface area contributed by atoms with Crippen LogP contribution in [0.25, 0.3) is 10.8 Å². The van der Waals surface area contributed by atoms with E-state index < -0.39 is 33.9 Å². The number of carbonyl (C=O) groups excluding carboxylic acids is 2. The van der Waals surface area contributed by atoms with Crippen LogP contribution in [0.2, 0.25) is 0 Å². The molecule has 2 heterocycles. The van der Waals surface area contributed by atoms with E-state index in [4.69, 9.17) is 5.11 Å². The zero-order valence-electron chi connectivity index (χ0n) is 19.4. The lowest BCUT2D eigenvalue weighted by Crippen LogP contribution is -2.50. The molecule has 1 N–H and O–H groups in total. The fourth-order valence-corrected chi connectivity index (χ4v) is 6.91. The highest BCUT2D eigenvalue weighted by Gasteiger charge is 2.44. The van der Waals surface area contributed by atoms with Crippen LogP contribution in [0.1, 0.15) is 19.3 Å². The van der Waals surface area contributed by atoms with Crippen LogP contribution in [0, 0.1) is 5.92 Å². The number of hydrogen-bond donors (Lipinski definition) is 2. The molecule has 0 radical (unpaired) electrons. The quantitative estimate of drug-likeness (QED) is 0.562. The second kappa shape index (κ2) is 10.2. The molecule has 2 aliphatic rings. The number of thiol groups is 1. The van der Waals surface area contributed by atoms with Gasteiger partial charge in [-0.05, 0) is 42.2 Å². The van der Waals surface area contributed by atoms with E-state index in [0.29, 0.717) is 25.9 Å². The van der Waals surface area contributed by atoms with Crippen molar-refractivity contribution in [3.05, 3.63) is 42.5 Å². The van der Waals surface area contributed by atoms with Crippen molar-refractivity contribution in [1.29, 1.82) is 0 Å². The molecular formula is C24H29N3O6S2. The third-order valence-corrected chi connectivity index (χ3v) is 9.04. The Morgan fingerprint density at radius 1 is 1.09 bits per heavy atom. The van der Waals surface area contributed by atoms with Gasteiger partial charge in [0.1, 0.15) is 6.04 Å². The van der Waals surface area contributed by atoms with Crippen LogP contribution >= 0.6 is 12.6 Å². The van der Waals surface area contributed by atoms with Crippen molar-refractivity contribution in [3.63, 3.8) is 0 Å². The van der Waals surface area contributed by atoms with E-state index in [2.05, 4.69) is 12.6 Å². The standard InChI is InChI=1S/C24H29N3O6S2/c1-25(15-22(28)26-10-8-17(9-11-26)24(30)31)23(29)21-13-19(34)14-27(21)35(32,33)20-7-6-16-4-2-3-5-18(16)12-20/h2-7,12,17,19,21,34H,8-11,13-15H2,1H3,(H,30,31)/t19?,21-/m0/s1. The normalized spacial score (nSPS) is 21.8. The maximum atomic E-state index is 13.5. The monoisotopic (exact) mass is 519 g/mol. The van der Waals surface area contributed by atoms with Gasteiger partial charge in [-0.3, -0.25) is 14.4 Å². The highest BCUT2D eigenvalue weighted by molar-refractivity contribution is 7.89. The number of rotatable bonds is 6. The molecule has 2 aliphatic heterocycles. The number of carbonyl (C=O) groups is 3. The number of carboxylic acids is 1. The summed E-state index contributed by atoms with van der Waals surface area (Å²) in [5.74, 6) is -2.06. The van der Waals surface area contributed by atoms with Crippen molar-refractivity contribution >= 4 is 51.2 Å². The molecule has 2 saturated heterocycles. The van der Waals surface area contributed by atoms with E-state index in [0.717, 1.165) is 10.8 Å². The molecule has 0 spiro atoms. The summed E-state index contributed by atoms with van der Waals surface area (Å²) in [5, 5.41) is 10.5. The molecule has 4 rings (SSSR count). The van der Waals surface area contributed by atoms with E-state index in [1.54, 1.807) is 23.1 Å². The Morgan fingerprint density at radius 3 is 2.40 bits per heavy atom. The minimum Gasteiger partial charge on any atom is -0.481 e. The van der Waals surface area contributed by atoms with Crippen molar-refractivity contribution in [1.82, 2.24) is 14.1 Å². The summed E-state index contributed by atoms with van der Waals surface area (Å²) in [6.45, 7) is 0.540. The topological polar surface area (TPSA) is 115 Å². The van der Waals surface area contributed by atoms with Crippen LogP contribution in [0.4, 0.5) is 0 Å². The van der Waals surface area contributed by atoms with Crippen LogP contribution in [0.5, 0.6) is 0 Å². The molecule has 2 aromatic rings. The van der Waals surface area contributed by atoms with Gasteiger partial charge in [0.2, 0.25) is 21.8 Å². The van der Waals surface area contributed by atoms with Crippen LogP contribution < -0.4 is 0 Å². The summed E-state index contributed by atoms with van der Waals surface area (Å²) in [5.41, 5.74) is 0. The van der Waals surface area contributed by atoms with E-state index >= 15 is 0 Å². The number of benzene rings is 2. The first-order chi connectivity index (χ1) is 16.6. The largest absolute Gasteiger partial charge is 0.481 e. The molecule has 2 atom stereocenters. The van der Waals surface area contributed by atoms with E-state index in [1.165, 1.54) is 16.3 Å². The Kier molecular flexibility index (Phi) is 7.39. The maximum Gasteiger partial charge on any atom is 0.306 e. The smallest absolute Gasteiger partial charge is 0.306 e. The number of sulfonamides is 1. The van der Waals surface area contributed by atoms with E-state index in [1.807, 2.05) is 24.3 Å². The second-order valence-corrected chi connectivity index (χ2v) is 11.8. The summed E-state index contributed by atoms with van der Waals surface area (Å²) >= 11 is 4.46. The first-order valence-corrected chi connectivity index (χ1v) is 13.5. The first-order valence-electron chi connectivity index (χ1n) is 11.5. The Hall–Kier alpha value is -2.63. The van der Waals surface area contributed by atoms with Crippen LogP contribution in [-0.2, 0) is 24.4 Å². The molecular weight excluding hydrogens is 490 g/mol. The van der Waals surface area contributed by atoms with E-state index in [9.17, 15) is 22.8 Å². The number of piperidine rings is 1. The number of nitrogens with zero attached hydrogens (tertiary/aromatic N) is 3. The zero-order valence-corrected chi connectivity index (χ0v) is 21.1. The van der Waals surface area contributed by atoms with Gasteiger partial charge in [-0.15, -0.1) is 0 Å². The molecule has 0 aromatic heterocycles. The number of carboxylic acid groups (broad SMARTS) is 1. The highest BCUT2D eigenvalue weighted by Crippen LogP contribution is 2.31. The molecule has 0 bridgehead atoms. The summed E-state index contributed by atoms with van der Waals surface area (Å²) in [7, 11) is -2.49. The summed E-state index contributed by atoms with van der Waals surface area (Å²) < 4.78 is 28.2. The second-order valence-electron chi connectivity index (χ2n) is 9.18. The number of fused-ring (bicyclic) bond motifs is 1. The fourth-order valence-electron chi connectivity index (χ4n) is 4.75. The predicted octanol–water partition coefficient (Wildman–Crippen LogP) is 1.68. The number of amides is 2. The van der Waals surface area contributed by atoms with Crippen LogP contribution in [0.3, 0.4) is 0 Å². The molecule has 2 aromatic carbocycles. The summed E-state index contributed by atoms with van der Waals surface area (Å²) in [6.07, 6.45) is 0.998. The minimum absolute atomic E-state index is 0.0964. The Balaban J connectivity index is 1.47. The lowest BCUT2D eigenvalue weighted by molar-refractivity contribution is -0.146. The van der Waals surface area contributed by atoms with Crippen molar-refractivity contribution in [3.8, 4) is 0 Å². The van der Waals surface area contributed by atoms with E-state index in [-0.39, 0.29) is 35.6 Å². The average molecular weight is 520 g/mol. The molecule has 35 heavy (non-hydrogen) atoms. The third kappa shape index (κ3) is 5.31. The SMILES string of the molecule is CN(CC(=O)N1CCC(C(=O)O)CC1)C(=O)[C@@H]1CC(S)CN1S(=O)(=O)c1ccc2ccccc2c1. The maximum absolute atomic E-state index is 13.5. The van der Waals surface area contributed by atoms with Crippen LogP contribution in [-0.4, -0.2) is 89.9 Å². The molecule has 9 nitrogen and oxygen atoms in total. The Labute approximate surface area is 210 Å². The zero-order chi connectivity index (χ0) is 25.3. The van der Waals surface area contributed by atoms with Gasteiger partial charge in [0.05, 0.1) is 17.4 Å². The Morgan fingerprint density at radius 2 is 1.74 bits per heavy atom. The molecule has 2 fully saturated rings. The Bertz CT molecular complexity index is 1240. The van der Waals surface area contributed by atoms with Gasteiger partial charge in [-0.1, -0.05) is 30.3 Å². The highest BCUT2D eigenvalue weighted by atomic mass is 32.2. The molecule has 11 heteroatoms. The number of aliphatic carboxylic acids is 1. The van der Waals surface area contributed by atoms with Gasteiger partial charge in [-0.25, -0.2) is 8.42 Å². The van der Waals surface area contributed by atoms with Gasteiger partial charge < -0.3 is 14.9 Å². The lowest BCUT2D eigenvalue weighted by atomic mass is 9.97. The first kappa shape index (κ1) is 25.5. The fraction of sp³-hybridized carbons (Fsp3) is 0.458. The molecule has 2 amide bonds. The number of likely N-dealkylation sites (tertiary alicyclic amines) is 1. The van der Waals surface area contributed by atoms with Crippen molar-refractivity contribution in [2.45, 2.75) is 35.4 Å². The van der Waals surface area contributed by atoms with Gasteiger partial charge in [0.15, 0.2) is 0 Å². The van der Waals surface area contributed by atoms with Crippen LogP contribution in [0.15, 0.2) is 47.4 Å². The van der Waals surface area contributed by atoms with Crippen molar-refractivity contribution in [2.75, 3.05) is 33.2 Å². The third-order valence-electron chi connectivity index (χ3n) is 6.79. The predicted molar refractivity (Wildman–Crippen MR) is 134 cm³/mol.